The van der Waals surface area contributed by atoms with Crippen LogP contribution in [-0.2, 0) is 9.59 Å². The van der Waals surface area contributed by atoms with Gasteiger partial charge in [0.1, 0.15) is 11.6 Å². The molecule has 7 nitrogen and oxygen atoms in total. The van der Waals surface area contributed by atoms with Crippen molar-refractivity contribution in [1.29, 1.82) is 0 Å². The molecule has 0 radical (unpaired) electrons. The molecule has 1 heterocycles. The lowest BCUT2D eigenvalue weighted by Crippen LogP contribution is -2.30. The van der Waals surface area contributed by atoms with Crippen molar-refractivity contribution >= 4 is 34.6 Å². The van der Waals surface area contributed by atoms with Crippen LogP contribution in [0.2, 0.25) is 0 Å². The predicted octanol–water partition coefficient (Wildman–Crippen LogP) is 4.44. The zero-order valence-electron chi connectivity index (χ0n) is 17.1. The number of anilines is 1. The number of hydrogen-bond acceptors (Lipinski definition) is 6. The summed E-state index contributed by atoms with van der Waals surface area (Å²) < 4.78 is 0. The van der Waals surface area contributed by atoms with Gasteiger partial charge in [-0.1, -0.05) is 42.5 Å². The molecule has 7 heteroatoms. The first kappa shape index (κ1) is 21.0. The molecule has 0 N–H and O–H groups in total. The number of ketones is 3. The van der Waals surface area contributed by atoms with Crippen molar-refractivity contribution < 1.29 is 19.2 Å². The summed E-state index contributed by atoms with van der Waals surface area (Å²) in [6.45, 7) is 1.43. The van der Waals surface area contributed by atoms with E-state index in [1.54, 1.807) is 66.7 Å². The number of amides is 1. The average Bonchev–Trinajstić information content (AvgIpc) is 3.09. The van der Waals surface area contributed by atoms with E-state index >= 15 is 0 Å². The van der Waals surface area contributed by atoms with Gasteiger partial charge in [0, 0.05) is 16.8 Å². The number of rotatable bonds is 6. The molecular weight excluding hydrogens is 408 g/mol. The van der Waals surface area contributed by atoms with Crippen molar-refractivity contribution in [2.45, 2.75) is 13.0 Å². The molecule has 1 aliphatic heterocycles. The molecule has 1 amide bonds. The number of nitroso groups, excluding NO2 is 1. The largest absolute Gasteiger partial charge is 0.297 e. The van der Waals surface area contributed by atoms with Gasteiger partial charge in [-0.05, 0) is 54.1 Å². The van der Waals surface area contributed by atoms with Gasteiger partial charge in [-0.15, -0.1) is 4.91 Å². The molecule has 0 aliphatic carbocycles. The third kappa shape index (κ3) is 3.65. The molecule has 1 aliphatic rings. The van der Waals surface area contributed by atoms with E-state index in [9.17, 15) is 24.1 Å². The summed E-state index contributed by atoms with van der Waals surface area (Å²) in [6.07, 6.45) is 0. The van der Waals surface area contributed by atoms with Crippen molar-refractivity contribution in [2.24, 2.45) is 11.1 Å². The molecule has 2 atom stereocenters. The van der Waals surface area contributed by atoms with Crippen molar-refractivity contribution in [3.8, 4) is 0 Å². The molecule has 32 heavy (non-hydrogen) atoms. The van der Waals surface area contributed by atoms with Crippen molar-refractivity contribution in [3.63, 3.8) is 0 Å². The SMILES string of the molecule is CC(=O)c1ccc(N2C(=O)C(=O)C(C(=O)c3ccccc3)C2c2ccc(N=O)cc2)cc1. The van der Waals surface area contributed by atoms with Gasteiger partial charge in [-0.25, -0.2) is 0 Å². The standard InChI is InChI=1S/C25H18N2O5/c1-15(28)16-9-13-20(14-10-16)27-22(17-7-11-19(26-32)12-8-17)21(24(30)25(27)31)23(29)18-5-3-2-4-6-18/h2-14,21-22H,1H3. The highest BCUT2D eigenvalue weighted by molar-refractivity contribution is 6.49. The number of Topliss-reactive ketones (excluding diaryl/α,β-unsaturated/α-hetero) is 3. The Morgan fingerprint density at radius 2 is 1.44 bits per heavy atom. The molecule has 0 bridgehead atoms. The van der Waals surface area contributed by atoms with Crippen LogP contribution in [0.4, 0.5) is 11.4 Å². The van der Waals surface area contributed by atoms with Crippen LogP contribution in [0.1, 0.15) is 39.2 Å². The summed E-state index contributed by atoms with van der Waals surface area (Å²) in [5.74, 6) is -3.47. The zero-order chi connectivity index (χ0) is 22.8. The molecular formula is C25H18N2O5. The van der Waals surface area contributed by atoms with E-state index in [2.05, 4.69) is 5.18 Å². The quantitative estimate of drug-likeness (QED) is 0.251. The number of carbonyl (C=O) groups is 4. The first-order valence-electron chi connectivity index (χ1n) is 9.93. The van der Waals surface area contributed by atoms with Crippen LogP contribution in [0.15, 0.2) is 84.0 Å². The highest BCUT2D eigenvalue weighted by Gasteiger charge is 2.52. The lowest BCUT2D eigenvalue weighted by Gasteiger charge is -2.27. The number of nitrogens with zero attached hydrogens (tertiary/aromatic N) is 2. The number of benzene rings is 3. The maximum absolute atomic E-state index is 13.3. The normalized spacial score (nSPS) is 18.0. The summed E-state index contributed by atoms with van der Waals surface area (Å²) in [5, 5.41) is 2.88. The van der Waals surface area contributed by atoms with Crippen molar-refractivity contribution in [3.05, 3.63) is 100 Å². The second kappa shape index (κ2) is 8.47. The van der Waals surface area contributed by atoms with Gasteiger partial charge in [0.05, 0.1) is 6.04 Å². The topological polar surface area (TPSA) is 101 Å². The third-order valence-corrected chi connectivity index (χ3v) is 5.54. The van der Waals surface area contributed by atoms with Crippen LogP contribution < -0.4 is 4.90 Å². The molecule has 1 saturated heterocycles. The Hall–Kier alpha value is -4.26. The monoisotopic (exact) mass is 426 g/mol. The highest BCUT2D eigenvalue weighted by atomic mass is 16.3. The second-order valence-electron chi connectivity index (χ2n) is 7.48. The highest BCUT2D eigenvalue weighted by Crippen LogP contribution is 2.41. The van der Waals surface area contributed by atoms with Crippen LogP contribution in [0.3, 0.4) is 0 Å². The van der Waals surface area contributed by atoms with E-state index in [0.29, 0.717) is 22.4 Å². The zero-order valence-corrected chi connectivity index (χ0v) is 17.1. The van der Waals surface area contributed by atoms with E-state index < -0.39 is 29.4 Å². The fraction of sp³-hybridized carbons (Fsp3) is 0.120. The molecule has 0 aromatic heterocycles. The molecule has 2 unspecified atom stereocenters. The van der Waals surface area contributed by atoms with Crippen molar-refractivity contribution in [2.75, 3.05) is 4.90 Å². The lowest BCUT2D eigenvalue weighted by atomic mass is 9.86. The third-order valence-electron chi connectivity index (χ3n) is 5.54. The van der Waals surface area contributed by atoms with Gasteiger partial charge >= 0.3 is 0 Å². The first-order valence-corrected chi connectivity index (χ1v) is 9.93. The van der Waals surface area contributed by atoms with E-state index in [4.69, 9.17) is 0 Å². The molecule has 158 valence electrons. The summed E-state index contributed by atoms with van der Waals surface area (Å²) in [7, 11) is 0. The Labute approximate surface area is 183 Å². The van der Waals surface area contributed by atoms with Gasteiger partial charge in [-0.2, -0.15) is 0 Å². The Kier molecular flexibility index (Phi) is 5.55. The van der Waals surface area contributed by atoms with Crippen LogP contribution in [-0.4, -0.2) is 23.3 Å². The fourth-order valence-corrected chi connectivity index (χ4v) is 3.92. The van der Waals surface area contributed by atoms with Gasteiger partial charge in [0.15, 0.2) is 11.6 Å². The van der Waals surface area contributed by atoms with E-state index in [1.165, 1.54) is 24.0 Å². The maximum Gasteiger partial charge on any atom is 0.295 e. The Morgan fingerprint density at radius 1 is 0.812 bits per heavy atom. The maximum atomic E-state index is 13.3. The minimum absolute atomic E-state index is 0.133. The molecule has 1 fully saturated rings. The van der Waals surface area contributed by atoms with Gasteiger partial charge in [0.25, 0.3) is 5.91 Å². The summed E-state index contributed by atoms with van der Waals surface area (Å²) in [5.41, 5.74) is 1.87. The first-order chi connectivity index (χ1) is 15.4. The molecule has 3 aromatic carbocycles. The van der Waals surface area contributed by atoms with E-state index in [1.807, 2.05) is 0 Å². The molecule has 4 rings (SSSR count). The number of hydrogen-bond donors (Lipinski definition) is 0. The van der Waals surface area contributed by atoms with Gasteiger partial charge < -0.3 is 0 Å². The summed E-state index contributed by atoms with van der Waals surface area (Å²) in [6, 6.07) is 19.8. The Morgan fingerprint density at radius 3 is 2.00 bits per heavy atom. The average molecular weight is 426 g/mol. The number of carbonyl (C=O) groups excluding carboxylic acids is 4. The van der Waals surface area contributed by atoms with Crippen LogP contribution in [0, 0.1) is 10.8 Å². The minimum Gasteiger partial charge on any atom is -0.297 e. The van der Waals surface area contributed by atoms with Gasteiger partial charge in [0.2, 0.25) is 5.78 Å². The van der Waals surface area contributed by atoms with Crippen LogP contribution in [0.25, 0.3) is 0 Å². The fourth-order valence-electron chi connectivity index (χ4n) is 3.92. The Balaban J connectivity index is 1.84. The van der Waals surface area contributed by atoms with E-state index in [-0.39, 0.29) is 11.5 Å². The molecule has 0 spiro atoms. The van der Waals surface area contributed by atoms with Crippen molar-refractivity contribution in [1.82, 2.24) is 0 Å². The minimum atomic E-state index is -1.26. The van der Waals surface area contributed by atoms with Crippen LogP contribution in [0.5, 0.6) is 0 Å². The van der Waals surface area contributed by atoms with Crippen LogP contribution >= 0.6 is 0 Å². The molecule has 0 saturated carbocycles. The van der Waals surface area contributed by atoms with Gasteiger partial charge in [-0.3, -0.25) is 24.1 Å². The lowest BCUT2D eigenvalue weighted by molar-refractivity contribution is -0.135. The second-order valence-corrected chi connectivity index (χ2v) is 7.48. The smallest absolute Gasteiger partial charge is 0.295 e. The predicted molar refractivity (Wildman–Crippen MR) is 118 cm³/mol. The Bertz CT molecular complexity index is 1220. The molecule has 3 aromatic rings. The summed E-state index contributed by atoms with van der Waals surface area (Å²) in [4.78, 5) is 63.2. The summed E-state index contributed by atoms with van der Waals surface area (Å²) >= 11 is 0. The van der Waals surface area contributed by atoms with E-state index in [0.717, 1.165) is 0 Å².